The maximum absolute atomic E-state index is 11.8. The second-order valence-corrected chi connectivity index (χ2v) is 6.65. The number of anilines is 1. The quantitative estimate of drug-likeness (QED) is 0.885. The van der Waals surface area contributed by atoms with Crippen molar-refractivity contribution in [3.8, 4) is 0 Å². The van der Waals surface area contributed by atoms with Gasteiger partial charge in [-0.05, 0) is 58.1 Å². The van der Waals surface area contributed by atoms with Gasteiger partial charge in [0.1, 0.15) is 5.60 Å². The monoisotopic (exact) mass is 276 g/mol. The number of nitrogens with one attached hydrogen (secondary N) is 1. The van der Waals surface area contributed by atoms with Crippen molar-refractivity contribution < 1.29 is 9.53 Å². The first-order valence-electron chi connectivity index (χ1n) is 7.14. The Labute approximate surface area is 120 Å². The third-order valence-corrected chi connectivity index (χ3v) is 3.44. The second-order valence-electron chi connectivity index (χ2n) is 6.65. The Morgan fingerprint density at radius 3 is 2.60 bits per heavy atom. The highest BCUT2D eigenvalue weighted by Gasteiger charge is 2.37. The zero-order valence-electron chi connectivity index (χ0n) is 12.5. The lowest BCUT2D eigenvalue weighted by Crippen LogP contribution is -2.27. The molecule has 0 heterocycles. The first-order chi connectivity index (χ1) is 9.27. The molecule has 0 unspecified atom stereocenters. The fourth-order valence-electron chi connectivity index (χ4n) is 2.07. The lowest BCUT2D eigenvalue weighted by molar-refractivity contribution is 0.0636. The van der Waals surface area contributed by atoms with Gasteiger partial charge in [0.15, 0.2) is 0 Å². The number of carbonyl (C=O) groups is 1. The first-order valence-corrected chi connectivity index (χ1v) is 7.14. The predicted molar refractivity (Wildman–Crippen MR) is 80.8 cm³/mol. The molecule has 20 heavy (non-hydrogen) atoms. The highest BCUT2D eigenvalue weighted by molar-refractivity contribution is 5.85. The molecule has 1 aromatic rings. The van der Waals surface area contributed by atoms with Crippen LogP contribution in [-0.2, 0) is 11.2 Å². The topological polar surface area (TPSA) is 64.3 Å². The van der Waals surface area contributed by atoms with Crippen LogP contribution in [0, 0.1) is 0 Å². The SMILES string of the molecule is CC(C)(C)OC(=O)Nc1ccccc1CCC1(N)CC1. The normalized spacial score (nSPS) is 16.6. The van der Waals surface area contributed by atoms with E-state index in [1.54, 1.807) is 0 Å². The third-order valence-electron chi connectivity index (χ3n) is 3.44. The van der Waals surface area contributed by atoms with Crippen LogP contribution in [0.4, 0.5) is 10.5 Å². The molecule has 0 spiro atoms. The summed E-state index contributed by atoms with van der Waals surface area (Å²) < 4.78 is 5.28. The summed E-state index contributed by atoms with van der Waals surface area (Å²) in [6, 6.07) is 7.81. The van der Waals surface area contributed by atoms with Gasteiger partial charge in [0.05, 0.1) is 0 Å². The van der Waals surface area contributed by atoms with Crippen molar-refractivity contribution in [3.63, 3.8) is 0 Å². The first kappa shape index (κ1) is 14.9. The molecule has 2 rings (SSSR count). The summed E-state index contributed by atoms with van der Waals surface area (Å²) in [4.78, 5) is 11.8. The number of carbonyl (C=O) groups excluding carboxylic acids is 1. The fourth-order valence-corrected chi connectivity index (χ4v) is 2.07. The third kappa shape index (κ3) is 4.53. The lowest BCUT2D eigenvalue weighted by atomic mass is 10.0. The molecule has 0 saturated heterocycles. The van der Waals surface area contributed by atoms with E-state index in [4.69, 9.17) is 10.5 Å². The van der Waals surface area contributed by atoms with Crippen molar-refractivity contribution in [1.29, 1.82) is 0 Å². The number of para-hydroxylation sites is 1. The maximum atomic E-state index is 11.8. The minimum Gasteiger partial charge on any atom is -0.444 e. The molecule has 4 nitrogen and oxygen atoms in total. The van der Waals surface area contributed by atoms with Crippen LogP contribution in [0.1, 0.15) is 45.6 Å². The van der Waals surface area contributed by atoms with Crippen molar-refractivity contribution in [3.05, 3.63) is 29.8 Å². The molecular formula is C16H24N2O2. The Balaban J connectivity index is 1.98. The molecule has 0 aromatic heterocycles. The van der Waals surface area contributed by atoms with Gasteiger partial charge in [-0.3, -0.25) is 5.32 Å². The van der Waals surface area contributed by atoms with Crippen molar-refractivity contribution in [2.24, 2.45) is 5.73 Å². The van der Waals surface area contributed by atoms with Crippen molar-refractivity contribution in [2.75, 3.05) is 5.32 Å². The molecule has 3 N–H and O–H groups in total. The summed E-state index contributed by atoms with van der Waals surface area (Å²) in [5.74, 6) is 0. The Hall–Kier alpha value is -1.55. The molecule has 0 bridgehead atoms. The van der Waals surface area contributed by atoms with Gasteiger partial charge in [0.25, 0.3) is 0 Å². The number of hydrogen-bond acceptors (Lipinski definition) is 3. The van der Waals surface area contributed by atoms with Gasteiger partial charge in [0, 0.05) is 11.2 Å². The summed E-state index contributed by atoms with van der Waals surface area (Å²) in [5.41, 5.74) is 7.57. The Bertz CT molecular complexity index is 487. The number of rotatable bonds is 4. The lowest BCUT2D eigenvalue weighted by Gasteiger charge is -2.20. The Morgan fingerprint density at radius 1 is 1.35 bits per heavy atom. The standard InChI is InChI=1S/C16H24N2O2/c1-15(2,3)20-14(19)18-13-7-5-4-6-12(13)8-9-16(17)10-11-16/h4-7H,8-11,17H2,1-3H3,(H,18,19). The molecular weight excluding hydrogens is 252 g/mol. The number of hydrogen-bond donors (Lipinski definition) is 2. The van der Waals surface area contributed by atoms with Crippen LogP contribution in [0.25, 0.3) is 0 Å². The van der Waals surface area contributed by atoms with Crippen molar-refractivity contribution >= 4 is 11.8 Å². The highest BCUT2D eigenvalue weighted by atomic mass is 16.6. The van der Waals surface area contributed by atoms with Gasteiger partial charge in [-0.1, -0.05) is 18.2 Å². The van der Waals surface area contributed by atoms with Crippen LogP contribution < -0.4 is 11.1 Å². The molecule has 110 valence electrons. The number of aryl methyl sites for hydroxylation is 1. The molecule has 1 fully saturated rings. The molecule has 1 aliphatic rings. The average molecular weight is 276 g/mol. The molecule has 0 aliphatic heterocycles. The van der Waals surface area contributed by atoms with Gasteiger partial charge in [0.2, 0.25) is 0 Å². The van der Waals surface area contributed by atoms with Crippen LogP contribution in [0.3, 0.4) is 0 Å². The van der Waals surface area contributed by atoms with E-state index >= 15 is 0 Å². The number of amides is 1. The van der Waals surface area contributed by atoms with Crippen LogP contribution in [-0.4, -0.2) is 17.2 Å². The molecule has 1 aromatic carbocycles. The second kappa shape index (κ2) is 5.44. The van der Waals surface area contributed by atoms with Crippen LogP contribution in [0.15, 0.2) is 24.3 Å². The van der Waals surface area contributed by atoms with Crippen molar-refractivity contribution in [2.45, 2.75) is 57.6 Å². The summed E-state index contributed by atoms with van der Waals surface area (Å²) in [5, 5.41) is 2.82. The van der Waals surface area contributed by atoms with Gasteiger partial charge < -0.3 is 10.5 Å². The largest absolute Gasteiger partial charge is 0.444 e. The zero-order chi connectivity index (χ0) is 14.8. The van der Waals surface area contributed by atoms with Crippen molar-refractivity contribution in [1.82, 2.24) is 0 Å². The van der Waals surface area contributed by atoms with E-state index in [0.29, 0.717) is 0 Å². The van der Waals surface area contributed by atoms with Crippen LogP contribution in [0.5, 0.6) is 0 Å². The summed E-state index contributed by atoms with van der Waals surface area (Å²) in [7, 11) is 0. The summed E-state index contributed by atoms with van der Waals surface area (Å²) in [6.45, 7) is 5.55. The molecule has 1 saturated carbocycles. The van der Waals surface area contributed by atoms with Gasteiger partial charge in [-0.15, -0.1) is 0 Å². The Morgan fingerprint density at radius 2 is 2.00 bits per heavy atom. The minimum absolute atomic E-state index is 0.0268. The van der Waals surface area contributed by atoms with Gasteiger partial charge in [-0.25, -0.2) is 4.79 Å². The van der Waals surface area contributed by atoms with E-state index in [1.165, 1.54) is 0 Å². The Kier molecular flexibility index (Phi) is 4.04. The van der Waals surface area contributed by atoms with E-state index in [-0.39, 0.29) is 5.54 Å². The van der Waals surface area contributed by atoms with E-state index < -0.39 is 11.7 Å². The van der Waals surface area contributed by atoms with E-state index in [0.717, 1.165) is 36.9 Å². The smallest absolute Gasteiger partial charge is 0.412 e. The minimum atomic E-state index is -0.492. The van der Waals surface area contributed by atoms with Crippen LogP contribution >= 0.6 is 0 Å². The molecule has 0 atom stereocenters. The number of benzene rings is 1. The number of nitrogens with two attached hydrogens (primary N) is 1. The predicted octanol–water partition coefficient (Wildman–Crippen LogP) is 3.46. The van der Waals surface area contributed by atoms with Gasteiger partial charge in [-0.2, -0.15) is 0 Å². The average Bonchev–Trinajstić information content (AvgIpc) is 3.04. The molecule has 0 radical (unpaired) electrons. The van der Waals surface area contributed by atoms with E-state index in [1.807, 2.05) is 45.0 Å². The summed E-state index contributed by atoms with van der Waals surface area (Å²) >= 11 is 0. The van der Waals surface area contributed by atoms with Gasteiger partial charge >= 0.3 is 6.09 Å². The molecule has 4 heteroatoms. The number of ether oxygens (including phenoxy) is 1. The molecule has 1 aliphatic carbocycles. The van der Waals surface area contributed by atoms with E-state index in [9.17, 15) is 4.79 Å². The molecule has 1 amide bonds. The summed E-state index contributed by atoms with van der Waals surface area (Å²) in [6.07, 6.45) is 3.63. The van der Waals surface area contributed by atoms with Crippen LogP contribution in [0.2, 0.25) is 0 Å². The zero-order valence-corrected chi connectivity index (χ0v) is 12.5. The maximum Gasteiger partial charge on any atom is 0.412 e. The highest BCUT2D eigenvalue weighted by Crippen LogP contribution is 2.37. The fraction of sp³-hybridized carbons (Fsp3) is 0.562. The van der Waals surface area contributed by atoms with E-state index in [2.05, 4.69) is 5.32 Å².